The molecule has 0 fully saturated rings. The summed E-state index contributed by atoms with van der Waals surface area (Å²) < 4.78 is 0. The van der Waals surface area contributed by atoms with Crippen LogP contribution in [0.1, 0.15) is 0 Å². The fourth-order valence-electron chi connectivity index (χ4n) is 0.800. The van der Waals surface area contributed by atoms with Gasteiger partial charge in [-0.25, -0.2) is 0 Å². The molecule has 0 aromatic heterocycles. The van der Waals surface area contributed by atoms with Gasteiger partial charge in [-0.15, -0.1) is 0 Å². The smallest absolute Gasteiger partial charge is 1.00 e. The summed E-state index contributed by atoms with van der Waals surface area (Å²) in [5.74, 6) is 0. The number of likely N-dealkylation sites (N-methyl/N-ethyl adjacent to an activating group) is 4. The first kappa shape index (κ1) is 49.5. The molecule has 10 heteroatoms. The van der Waals surface area contributed by atoms with E-state index in [1.807, 2.05) is 0 Å². The van der Waals surface area contributed by atoms with E-state index in [1.165, 1.54) is 0 Å². The Morgan fingerprint density at radius 3 is 0.545 bits per heavy atom. The first-order valence-corrected chi connectivity index (χ1v) is 5.84. The number of hydrogen-bond acceptors (Lipinski definition) is 6. The Balaban J connectivity index is -0.0000000233. The van der Waals surface area contributed by atoms with Crippen molar-refractivity contribution in [3.05, 3.63) is 0 Å². The molecule has 0 unspecified atom stereocenters. The van der Waals surface area contributed by atoms with Crippen LogP contribution in [-0.2, 0) is 34.1 Å². The summed E-state index contributed by atoms with van der Waals surface area (Å²) >= 11 is 0. The topological polar surface area (TPSA) is 73.0 Å². The third kappa shape index (κ3) is 68.6. The van der Waals surface area contributed by atoms with Gasteiger partial charge in [-0.1, -0.05) is 0 Å². The Kier molecular flexibility index (Phi) is 76.2. The molecule has 0 heterocycles. The van der Waals surface area contributed by atoms with Gasteiger partial charge >= 0.3 is 34.1 Å². The maximum atomic E-state index is 2.18. The molecule has 0 aromatic rings. The second kappa shape index (κ2) is 33.9. The zero-order valence-electron chi connectivity index (χ0n) is 14.9. The third-order valence-electron chi connectivity index (χ3n) is 1.99. The molecule has 6 nitrogen and oxygen atoms in total. The molecular weight excluding hydrogens is 430 g/mol. The monoisotopic (exact) mass is 462 g/mol. The minimum atomic E-state index is 0. The molecule has 0 aliphatic rings. The fourth-order valence-corrected chi connectivity index (χ4v) is 0.800. The minimum Gasteiger partial charge on any atom is -1.00 e. The molecule has 0 saturated carbocycles. The van der Waals surface area contributed by atoms with Crippen LogP contribution >= 0.6 is 0 Å². The molecule has 2 N–H and O–H groups in total. The number of halogens is 2. The van der Waals surface area contributed by atoms with Crippen molar-refractivity contribution >= 4 is 0 Å². The quantitative estimate of drug-likeness (QED) is 0.365. The van der Waals surface area contributed by atoms with Gasteiger partial charge in [0.05, 0.1) is 0 Å². The second-order valence-electron chi connectivity index (χ2n) is 5.21. The van der Waals surface area contributed by atoms with Crippen molar-refractivity contribution in [2.24, 2.45) is 0 Å². The largest absolute Gasteiger partial charge is 2.00 e. The average molecular weight is 464 g/mol. The Morgan fingerprint density at radius 1 is 0.409 bits per heavy atom. The Labute approximate surface area is 171 Å². The first-order valence-electron chi connectivity index (χ1n) is 5.84. The van der Waals surface area contributed by atoms with Crippen LogP contribution in [0.25, 0.3) is 0 Å². The van der Waals surface area contributed by atoms with E-state index >= 15 is 0 Å². The summed E-state index contributed by atoms with van der Waals surface area (Å²) in [6.45, 7) is 4.58. The first-order chi connectivity index (χ1) is 7.25. The van der Waals surface area contributed by atoms with Crippen molar-refractivity contribution in [2.75, 3.05) is 82.6 Å². The maximum absolute atomic E-state index is 2.18. The summed E-state index contributed by atoms with van der Waals surface area (Å²) in [5.41, 5.74) is 0. The summed E-state index contributed by atoms with van der Waals surface area (Å²) in [6, 6.07) is 0. The molecule has 0 aromatic carbocycles. The Morgan fingerprint density at radius 2 is 0.500 bits per heavy atom. The zero-order valence-corrected chi connectivity index (χ0v) is 18.3. The van der Waals surface area contributed by atoms with Crippen molar-refractivity contribution in [1.29, 1.82) is 0 Å². The van der Waals surface area contributed by atoms with Gasteiger partial charge in [0.25, 0.3) is 0 Å². The van der Waals surface area contributed by atoms with E-state index in [-0.39, 0.29) is 69.9 Å². The predicted molar refractivity (Wildman–Crippen MR) is 78.1 cm³/mol. The van der Waals surface area contributed by atoms with E-state index in [9.17, 15) is 0 Å². The summed E-state index contributed by atoms with van der Waals surface area (Å²) in [5, 5.41) is 0. The molecule has 0 spiro atoms. The molecule has 2 radical (unpaired) electrons. The summed E-state index contributed by atoms with van der Waals surface area (Å²) in [6.07, 6.45) is 0. The van der Waals surface area contributed by atoms with E-state index in [4.69, 9.17) is 0 Å². The van der Waals surface area contributed by atoms with Crippen molar-refractivity contribution in [2.45, 2.75) is 0 Å². The van der Waals surface area contributed by atoms with Crippen LogP contribution in [0.3, 0.4) is 0 Å². The van der Waals surface area contributed by atoms with Crippen LogP contribution in [0, 0.1) is 0 Å². The molecule has 22 heavy (non-hydrogen) atoms. The maximum Gasteiger partial charge on any atom is 2.00 e. The van der Waals surface area contributed by atoms with Gasteiger partial charge in [0, 0.05) is 26.2 Å². The van der Waals surface area contributed by atoms with Gasteiger partial charge in [0.2, 0.25) is 0 Å². The van der Waals surface area contributed by atoms with E-state index in [0.717, 1.165) is 26.2 Å². The molecule has 0 saturated heterocycles. The average Bonchev–Trinajstić information content (AvgIpc) is 2.12. The Bertz CT molecular complexity index is 129. The third-order valence-corrected chi connectivity index (χ3v) is 1.99. The van der Waals surface area contributed by atoms with Crippen molar-refractivity contribution in [1.82, 2.24) is 19.6 Å². The van der Waals surface area contributed by atoms with Gasteiger partial charge < -0.3 is 55.4 Å². The normalized spacial score (nSPS) is 8.18. The predicted octanol–water partition coefficient (Wildman–Crippen LogP) is -6.13. The van der Waals surface area contributed by atoms with E-state index in [0.29, 0.717) is 0 Å². The molecule has 0 bridgehead atoms. The number of rotatable bonds is 6. The van der Waals surface area contributed by atoms with E-state index in [1.54, 1.807) is 0 Å². The molecule has 0 rings (SSSR count). The van der Waals surface area contributed by atoms with E-state index < -0.39 is 0 Å². The summed E-state index contributed by atoms with van der Waals surface area (Å²) in [4.78, 5) is 8.72. The number of nitrogens with zero attached hydrogens (tertiary/aromatic N) is 4. The molecule has 0 aliphatic carbocycles. The van der Waals surface area contributed by atoms with Gasteiger partial charge in [-0.05, 0) is 56.4 Å². The molecule has 0 atom stereocenters. The van der Waals surface area contributed by atoms with E-state index in [2.05, 4.69) is 76.0 Å². The minimum absolute atomic E-state index is 0. The standard InChI is InChI=1S/2C6H16N2.2ClH.2Cu.2H2O/c2*1-7(2)5-6-8(3)4;;;;;;/h2*5-6H2,1-4H3;2*1H;;;2*1H2/q;;;;2*+2;;/p-4. The van der Waals surface area contributed by atoms with Crippen molar-refractivity contribution < 1.29 is 69.9 Å². The fraction of sp³-hybridized carbons (Fsp3) is 1.00. The van der Waals surface area contributed by atoms with Gasteiger partial charge in [0.1, 0.15) is 0 Å². The SMILES string of the molecule is CN(C)CCN(C)C.CN(C)CCN(C)C.[Cl-].[Cl-].[Cu+2].[Cu+2].[OH-].[OH-]. The van der Waals surface area contributed by atoms with Gasteiger partial charge in [-0.3, -0.25) is 0 Å². The Hall–Kier alpha value is 1.38. The molecular formula is C12H34Cl2Cu2N4O2. The second-order valence-corrected chi connectivity index (χ2v) is 5.21. The van der Waals surface area contributed by atoms with Crippen molar-refractivity contribution in [3.63, 3.8) is 0 Å². The molecule has 150 valence electrons. The van der Waals surface area contributed by atoms with Crippen LogP contribution in [0.15, 0.2) is 0 Å². The molecule has 0 amide bonds. The van der Waals surface area contributed by atoms with Crippen LogP contribution < -0.4 is 24.8 Å². The van der Waals surface area contributed by atoms with Crippen LogP contribution in [-0.4, -0.2) is 113 Å². The van der Waals surface area contributed by atoms with Gasteiger partial charge in [0.15, 0.2) is 0 Å². The van der Waals surface area contributed by atoms with Crippen LogP contribution in [0.4, 0.5) is 0 Å². The van der Waals surface area contributed by atoms with Crippen LogP contribution in [0.2, 0.25) is 0 Å². The zero-order chi connectivity index (χ0) is 13.1. The summed E-state index contributed by atoms with van der Waals surface area (Å²) in [7, 11) is 16.7. The van der Waals surface area contributed by atoms with Crippen LogP contribution in [0.5, 0.6) is 0 Å². The molecule has 0 aliphatic heterocycles. The van der Waals surface area contributed by atoms with Crippen molar-refractivity contribution in [3.8, 4) is 0 Å². The van der Waals surface area contributed by atoms with Gasteiger partial charge in [-0.2, -0.15) is 0 Å². The number of hydrogen-bond donors (Lipinski definition) is 0.